The summed E-state index contributed by atoms with van der Waals surface area (Å²) in [5, 5.41) is 0.548. The van der Waals surface area contributed by atoms with Crippen molar-refractivity contribution >= 4 is 28.6 Å². The molecule has 1 unspecified atom stereocenters. The fraction of sp³-hybridized carbons (Fsp3) is 0.250. The van der Waals surface area contributed by atoms with Crippen LogP contribution in [0.15, 0.2) is 53.6 Å². The molecule has 1 aromatic heterocycles. The highest BCUT2D eigenvalue weighted by molar-refractivity contribution is 8.00. The van der Waals surface area contributed by atoms with Crippen LogP contribution in [0.5, 0.6) is 0 Å². The zero-order valence-corrected chi connectivity index (χ0v) is 16.4. The molecule has 0 aliphatic heterocycles. The van der Waals surface area contributed by atoms with Crippen LogP contribution >= 0.6 is 11.8 Å². The van der Waals surface area contributed by atoms with E-state index >= 15 is 0 Å². The minimum absolute atomic E-state index is 0.0964. The number of alkyl halides is 3. The highest BCUT2D eigenvalue weighted by Crippen LogP contribution is 2.32. The fourth-order valence-corrected chi connectivity index (χ4v) is 3.64. The van der Waals surface area contributed by atoms with Crippen molar-refractivity contribution in [2.24, 2.45) is 0 Å². The minimum atomic E-state index is -4.68. The first kappa shape index (κ1) is 21.0. The number of hydrogen-bond donors (Lipinski definition) is 0. The lowest BCUT2D eigenvalue weighted by Gasteiger charge is -2.25. The Morgan fingerprint density at radius 1 is 1.10 bits per heavy atom. The van der Waals surface area contributed by atoms with Gasteiger partial charge >= 0.3 is 6.18 Å². The van der Waals surface area contributed by atoms with E-state index in [-0.39, 0.29) is 34.1 Å². The molecule has 152 valence electrons. The number of aromatic nitrogens is 2. The first-order valence-electron chi connectivity index (χ1n) is 8.64. The molecule has 1 heterocycles. The Morgan fingerprint density at radius 2 is 1.76 bits per heavy atom. The summed E-state index contributed by atoms with van der Waals surface area (Å²) in [6.45, 7) is 1.79. The second-order valence-electron chi connectivity index (χ2n) is 6.39. The second-order valence-corrected chi connectivity index (χ2v) is 7.35. The average molecular weight is 423 g/mol. The molecule has 0 fully saturated rings. The van der Waals surface area contributed by atoms with Crippen LogP contribution < -0.4 is 0 Å². The van der Waals surface area contributed by atoms with Gasteiger partial charge in [-0.05, 0) is 30.7 Å². The Kier molecular flexibility index (Phi) is 6.07. The van der Waals surface area contributed by atoms with Gasteiger partial charge in [-0.15, -0.1) is 0 Å². The van der Waals surface area contributed by atoms with Crippen molar-refractivity contribution in [2.45, 2.75) is 24.2 Å². The lowest BCUT2D eigenvalue weighted by atomic mass is 10.1. The molecule has 29 heavy (non-hydrogen) atoms. The summed E-state index contributed by atoms with van der Waals surface area (Å²) in [6.07, 6.45) is -4.68. The molecule has 0 aliphatic rings. The molecule has 2 aromatic carbocycles. The maximum atomic E-state index is 13.1. The van der Waals surface area contributed by atoms with Gasteiger partial charge < -0.3 is 4.90 Å². The van der Waals surface area contributed by atoms with Crippen molar-refractivity contribution in [3.05, 3.63) is 65.7 Å². The van der Waals surface area contributed by atoms with E-state index in [1.165, 1.54) is 23.1 Å². The number of halogens is 4. The SMILES string of the molecule is CC(c1ccc(F)cc1)N(C)C(=O)CSc1nc(C(F)(F)F)nc2ccccc12. The first-order chi connectivity index (χ1) is 13.7. The van der Waals surface area contributed by atoms with Gasteiger partial charge in [-0.3, -0.25) is 4.79 Å². The second kappa shape index (κ2) is 8.36. The van der Waals surface area contributed by atoms with Crippen molar-refractivity contribution in [3.8, 4) is 0 Å². The molecule has 0 N–H and O–H groups in total. The van der Waals surface area contributed by atoms with Gasteiger partial charge in [-0.25, -0.2) is 14.4 Å². The van der Waals surface area contributed by atoms with Crippen LogP contribution in [-0.4, -0.2) is 33.6 Å². The summed E-state index contributed by atoms with van der Waals surface area (Å²) < 4.78 is 52.4. The third-order valence-electron chi connectivity index (χ3n) is 4.48. The summed E-state index contributed by atoms with van der Waals surface area (Å²) in [5.41, 5.74) is 0.914. The maximum absolute atomic E-state index is 13.1. The van der Waals surface area contributed by atoms with Crippen LogP contribution in [0.1, 0.15) is 24.4 Å². The van der Waals surface area contributed by atoms with E-state index in [4.69, 9.17) is 0 Å². The smallest absolute Gasteiger partial charge is 0.338 e. The number of carbonyl (C=O) groups excluding carboxylic acids is 1. The van der Waals surface area contributed by atoms with Crippen LogP contribution in [0.3, 0.4) is 0 Å². The highest BCUT2D eigenvalue weighted by Gasteiger charge is 2.35. The largest absolute Gasteiger partial charge is 0.451 e. The average Bonchev–Trinajstić information content (AvgIpc) is 2.70. The molecule has 0 spiro atoms. The Bertz CT molecular complexity index is 1020. The number of para-hydroxylation sites is 1. The van der Waals surface area contributed by atoms with Gasteiger partial charge in [0.2, 0.25) is 11.7 Å². The number of amides is 1. The van der Waals surface area contributed by atoms with E-state index in [9.17, 15) is 22.4 Å². The number of fused-ring (bicyclic) bond motifs is 1. The lowest BCUT2D eigenvalue weighted by molar-refractivity contribution is -0.145. The molecule has 4 nitrogen and oxygen atoms in total. The predicted molar refractivity (Wildman–Crippen MR) is 103 cm³/mol. The molecule has 0 aliphatic carbocycles. The third-order valence-corrected chi connectivity index (χ3v) is 5.46. The lowest BCUT2D eigenvalue weighted by Crippen LogP contribution is -2.31. The van der Waals surface area contributed by atoms with Crippen molar-refractivity contribution in [3.63, 3.8) is 0 Å². The number of hydrogen-bond acceptors (Lipinski definition) is 4. The number of rotatable bonds is 5. The Balaban J connectivity index is 1.79. The molecule has 1 atom stereocenters. The van der Waals surface area contributed by atoms with Gasteiger partial charge in [0.05, 0.1) is 17.3 Å². The van der Waals surface area contributed by atoms with Crippen molar-refractivity contribution < 1.29 is 22.4 Å². The normalized spacial score (nSPS) is 12.8. The van der Waals surface area contributed by atoms with E-state index in [0.29, 0.717) is 5.39 Å². The van der Waals surface area contributed by atoms with E-state index in [0.717, 1.165) is 17.3 Å². The summed E-state index contributed by atoms with van der Waals surface area (Å²) in [6, 6.07) is 11.8. The standard InChI is InChI=1S/C20H17F4N3OS/c1-12(13-7-9-14(21)10-8-13)27(2)17(28)11-29-18-15-5-3-4-6-16(15)25-19(26-18)20(22,23)24/h3-10,12H,11H2,1-2H3. The molecule has 0 saturated heterocycles. The summed E-state index contributed by atoms with van der Waals surface area (Å²) in [5.74, 6) is -2.00. The summed E-state index contributed by atoms with van der Waals surface area (Å²) >= 11 is 0.929. The summed E-state index contributed by atoms with van der Waals surface area (Å²) in [7, 11) is 1.59. The minimum Gasteiger partial charge on any atom is -0.338 e. The molecule has 0 bridgehead atoms. The number of carbonyl (C=O) groups is 1. The zero-order chi connectivity index (χ0) is 21.2. The van der Waals surface area contributed by atoms with E-state index in [1.807, 2.05) is 0 Å². The van der Waals surface area contributed by atoms with Crippen molar-refractivity contribution in [1.82, 2.24) is 14.9 Å². The number of benzene rings is 2. The number of nitrogens with zero attached hydrogens (tertiary/aromatic N) is 3. The maximum Gasteiger partial charge on any atom is 0.451 e. The Labute approximate surface area is 169 Å². The zero-order valence-electron chi connectivity index (χ0n) is 15.6. The predicted octanol–water partition coefficient (Wildman–Crippen LogP) is 5.10. The van der Waals surface area contributed by atoms with Gasteiger partial charge in [0.15, 0.2) is 0 Å². The molecule has 9 heteroatoms. The molecule has 1 amide bonds. The van der Waals surface area contributed by atoms with Crippen LogP contribution in [0.25, 0.3) is 10.9 Å². The Morgan fingerprint density at radius 3 is 2.41 bits per heavy atom. The van der Waals surface area contributed by atoms with E-state index in [1.54, 1.807) is 44.3 Å². The summed E-state index contributed by atoms with van der Waals surface area (Å²) in [4.78, 5) is 21.2. The van der Waals surface area contributed by atoms with Crippen LogP contribution in [0.4, 0.5) is 17.6 Å². The molecule has 3 rings (SSSR count). The Hall–Kier alpha value is -2.68. The monoisotopic (exact) mass is 423 g/mol. The first-order valence-corrected chi connectivity index (χ1v) is 9.63. The van der Waals surface area contributed by atoms with Gasteiger partial charge in [0.25, 0.3) is 0 Å². The number of thioether (sulfide) groups is 1. The molecule has 3 aromatic rings. The van der Waals surface area contributed by atoms with Crippen molar-refractivity contribution in [1.29, 1.82) is 0 Å². The van der Waals surface area contributed by atoms with Crippen LogP contribution in [0, 0.1) is 5.82 Å². The molecule has 0 saturated carbocycles. The highest BCUT2D eigenvalue weighted by atomic mass is 32.2. The van der Waals surface area contributed by atoms with E-state index in [2.05, 4.69) is 9.97 Å². The van der Waals surface area contributed by atoms with Gasteiger partial charge in [0.1, 0.15) is 10.8 Å². The quantitative estimate of drug-likeness (QED) is 0.325. The van der Waals surface area contributed by atoms with E-state index < -0.39 is 12.0 Å². The van der Waals surface area contributed by atoms with Crippen LogP contribution in [-0.2, 0) is 11.0 Å². The third kappa shape index (κ3) is 4.84. The fourth-order valence-electron chi connectivity index (χ4n) is 2.70. The molecular weight excluding hydrogens is 406 g/mol. The van der Waals surface area contributed by atoms with Crippen molar-refractivity contribution in [2.75, 3.05) is 12.8 Å². The topological polar surface area (TPSA) is 46.1 Å². The van der Waals surface area contributed by atoms with Gasteiger partial charge in [-0.1, -0.05) is 42.1 Å². The van der Waals surface area contributed by atoms with Crippen LogP contribution in [0.2, 0.25) is 0 Å². The molecule has 0 radical (unpaired) electrons. The molecular formula is C20H17F4N3OS. The van der Waals surface area contributed by atoms with Gasteiger partial charge in [0, 0.05) is 12.4 Å². The van der Waals surface area contributed by atoms with Gasteiger partial charge in [-0.2, -0.15) is 13.2 Å².